The van der Waals surface area contributed by atoms with E-state index in [4.69, 9.17) is 16.3 Å². The number of nitro benzene ring substituents is 1. The van der Waals surface area contributed by atoms with Crippen molar-refractivity contribution in [3.05, 3.63) is 38.9 Å². The van der Waals surface area contributed by atoms with E-state index in [0.717, 1.165) is 12.8 Å². The topological polar surface area (TPSA) is 89.8 Å². The molecule has 1 aliphatic heterocycles. The van der Waals surface area contributed by atoms with Gasteiger partial charge in [-0.2, -0.15) is 0 Å². The Labute approximate surface area is 143 Å². The third-order valence-electron chi connectivity index (χ3n) is 4.72. The summed E-state index contributed by atoms with van der Waals surface area (Å²) in [6, 6.07) is 3.83. The number of ether oxygens (including phenoxy) is 1. The molecule has 1 saturated heterocycles. The highest BCUT2D eigenvalue weighted by Crippen LogP contribution is 2.44. The first kappa shape index (κ1) is 16.7. The molecule has 7 nitrogen and oxygen atoms in total. The van der Waals surface area contributed by atoms with Gasteiger partial charge in [-0.1, -0.05) is 11.6 Å². The molecule has 2 fully saturated rings. The van der Waals surface area contributed by atoms with Crippen molar-refractivity contribution in [3.63, 3.8) is 0 Å². The Morgan fingerprint density at radius 2 is 2.00 bits per heavy atom. The quantitative estimate of drug-likeness (QED) is 0.472. The number of nitrogens with zero attached hydrogens (tertiary/aromatic N) is 2. The molecule has 1 aliphatic carbocycles. The van der Waals surface area contributed by atoms with Gasteiger partial charge in [-0.3, -0.25) is 19.7 Å². The third kappa shape index (κ3) is 3.21. The van der Waals surface area contributed by atoms with Crippen molar-refractivity contribution in [2.75, 3.05) is 20.2 Å². The average Bonchev–Trinajstić information content (AvgIpc) is 3.31. The third-order valence-corrected chi connectivity index (χ3v) is 4.94. The molecule has 1 amide bonds. The summed E-state index contributed by atoms with van der Waals surface area (Å²) in [7, 11) is 1.34. The first-order chi connectivity index (χ1) is 11.4. The van der Waals surface area contributed by atoms with Crippen LogP contribution in [0.5, 0.6) is 0 Å². The summed E-state index contributed by atoms with van der Waals surface area (Å²) in [5.41, 5.74) is -0.0671. The van der Waals surface area contributed by atoms with Crippen LogP contribution in [0.15, 0.2) is 18.2 Å². The lowest BCUT2D eigenvalue weighted by atomic mass is 9.92. The number of esters is 1. The van der Waals surface area contributed by atoms with Crippen LogP contribution in [0, 0.1) is 27.9 Å². The Hall–Kier alpha value is -2.15. The summed E-state index contributed by atoms with van der Waals surface area (Å²) < 4.78 is 4.86. The minimum atomic E-state index is -0.586. The van der Waals surface area contributed by atoms with Crippen molar-refractivity contribution in [2.24, 2.45) is 17.8 Å². The fraction of sp³-hybridized carbons (Fsp3) is 0.500. The highest BCUT2D eigenvalue weighted by molar-refractivity contribution is 6.31. The number of non-ortho nitro benzene ring substituents is 1. The normalized spacial score (nSPS) is 23.2. The number of carbonyl (C=O) groups is 2. The lowest BCUT2D eigenvalue weighted by Crippen LogP contribution is -2.30. The van der Waals surface area contributed by atoms with Crippen molar-refractivity contribution in [1.82, 2.24) is 4.90 Å². The van der Waals surface area contributed by atoms with Gasteiger partial charge in [0.25, 0.3) is 11.6 Å². The largest absolute Gasteiger partial charge is 0.469 e. The van der Waals surface area contributed by atoms with Crippen LogP contribution in [0.4, 0.5) is 5.69 Å². The van der Waals surface area contributed by atoms with Gasteiger partial charge in [0.1, 0.15) is 0 Å². The van der Waals surface area contributed by atoms with Crippen LogP contribution in [0.25, 0.3) is 0 Å². The van der Waals surface area contributed by atoms with Gasteiger partial charge < -0.3 is 9.64 Å². The van der Waals surface area contributed by atoms with Gasteiger partial charge in [0.2, 0.25) is 0 Å². The molecule has 0 spiro atoms. The Morgan fingerprint density at radius 1 is 1.29 bits per heavy atom. The van der Waals surface area contributed by atoms with Gasteiger partial charge in [0.15, 0.2) is 0 Å². The molecule has 1 aromatic carbocycles. The van der Waals surface area contributed by atoms with Gasteiger partial charge in [-0.25, -0.2) is 0 Å². The lowest BCUT2D eigenvalue weighted by molar-refractivity contribution is -0.384. The first-order valence-electron chi connectivity index (χ1n) is 7.72. The van der Waals surface area contributed by atoms with Crippen LogP contribution in [0.3, 0.4) is 0 Å². The second-order valence-corrected chi connectivity index (χ2v) is 6.73. The highest BCUT2D eigenvalue weighted by atomic mass is 35.5. The van der Waals surface area contributed by atoms with Crippen LogP contribution in [-0.4, -0.2) is 41.9 Å². The summed E-state index contributed by atoms with van der Waals surface area (Å²) in [5, 5.41) is 11.1. The number of methoxy groups -OCH3 is 1. The van der Waals surface area contributed by atoms with E-state index in [-0.39, 0.29) is 46.5 Å². The molecule has 3 rings (SSSR count). The average molecular weight is 353 g/mol. The predicted molar refractivity (Wildman–Crippen MR) is 85.7 cm³/mol. The summed E-state index contributed by atoms with van der Waals surface area (Å²) in [4.78, 5) is 36.6. The van der Waals surface area contributed by atoms with Gasteiger partial charge in [0.05, 0.1) is 18.0 Å². The summed E-state index contributed by atoms with van der Waals surface area (Å²) in [6.07, 6.45) is 2.12. The maximum absolute atomic E-state index is 12.7. The molecular formula is C16H17ClN2O5. The standard InChI is InChI=1S/C16H17ClN2O5/c1-24-16(21)14-8-18(7-13(14)9-2-3-9)15(20)10-4-11(17)6-12(5-10)19(22)23/h4-6,9,13-14H,2-3,7-8H2,1H3/t13-,14+/m1/s1. The molecule has 0 radical (unpaired) electrons. The van der Waals surface area contributed by atoms with E-state index < -0.39 is 4.92 Å². The highest BCUT2D eigenvalue weighted by Gasteiger charge is 2.47. The van der Waals surface area contributed by atoms with Crippen LogP contribution in [0.2, 0.25) is 5.02 Å². The zero-order chi connectivity index (χ0) is 17.4. The second-order valence-electron chi connectivity index (χ2n) is 6.30. The first-order valence-corrected chi connectivity index (χ1v) is 8.10. The second kappa shape index (κ2) is 6.39. The summed E-state index contributed by atoms with van der Waals surface area (Å²) >= 11 is 5.89. The van der Waals surface area contributed by atoms with Gasteiger partial charge >= 0.3 is 5.97 Å². The molecule has 0 bridgehead atoms. The van der Waals surface area contributed by atoms with Crippen molar-refractivity contribution in [2.45, 2.75) is 12.8 Å². The van der Waals surface area contributed by atoms with Crippen molar-refractivity contribution in [3.8, 4) is 0 Å². The zero-order valence-corrected chi connectivity index (χ0v) is 13.9. The van der Waals surface area contributed by atoms with Crippen LogP contribution in [0.1, 0.15) is 23.2 Å². The fourth-order valence-electron chi connectivity index (χ4n) is 3.38. The van der Waals surface area contributed by atoms with Gasteiger partial charge in [0, 0.05) is 35.8 Å². The minimum absolute atomic E-state index is 0.0931. The molecule has 8 heteroatoms. The lowest BCUT2D eigenvalue weighted by Gasteiger charge is -2.16. The van der Waals surface area contributed by atoms with E-state index >= 15 is 0 Å². The molecule has 2 aliphatic rings. The summed E-state index contributed by atoms with van der Waals surface area (Å²) in [5.74, 6) is -0.450. The molecule has 0 aromatic heterocycles. The zero-order valence-electron chi connectivity index (χ0n) is 13.1. The molecule has 1 heterocycles. The van der Waals surface area contributed by atoms with E-state index in [0.29, 0.717) is 12.5 Å². The number of halogens is 1. The van der Waals surface area contributed by atoms with Crippen molar-refractivity contribution < 1.29 is 19.2 Å². The predicted octanol–water partition coefficient (Wildman–Crippen LogP) is 2.52. The van der Waals surface area contributed by atoms with Crippen LogP contribution in [-0.2, 0) is 9.53 Å². The SMILES string of the molecule is COC(=O)[C@H]1CN(C(=O)c2cc(Cl)cc([N+](=O)[O-])c2)C[C@@H]1C1CC1. The Balaban J connectivity index is 1.83. The van der Waals surface area contributed by atoms with E-state index in [2.05, 4.69) is 0 Å². The Kier molecular flexibility index (Phi) is 4.45. The molecule has 24 heavy (non-hydrogen) atoms. The number of nitro groups is 1. The minimum Gasteiger partial charge on any atom is -0.469 e. The van der Waals surface area contributed by atoms with E-state index in [1.54, 1.807) is 4.90 Å². The van der Waals surface area contributed by atoms with Crippen LogP contribution >= 0.6 is 11.6 Å². The molecule has 1 aromatic rings. The number of benzene rings is 1. The van der Waals surface area contributed by atoms with Crippen molar-refractivity contribution in [1.29, 1.82) is 0 Å². The monoisotopic (exact) mass is 352 g/mol. The van der Waals surface area contributed by atoms with Gasteiger partial charge in [-0.05, 0) is 30.7 Å². The number of hydrogen-bond donors (Lipinski definition) is 0. The van der Waals surface area contributed by atoms with E-state index in [1.807, 2.05) is 0 Å². The number of likely N-dealkylation sites (tertiary alicyclic amines) is 1. The molecular weight excluding hydrogens is 336 g/mol. The number of rotatable bonds is 4. The number of hydrogen-bond acceptors (Lipinski definition) is 5. The fourth-order valence-corrected chi connectivity index (χ4v) is 3.61. The van der Waals surface area contributed by atoms with Crippen LogP contribution < -0.4 is 0 Å². The molecule has 2 atom stereocenters. The van der Waals surface area contributed by atoms with Crippen molar-refractivity contribution >= 4 is 29.2 Å². The Bertz CT molecular complexity index is 704. The van der Waals surface area contributed by atoms with E-state index in [1.165, 1.54) is 25.3 Å². The number of carbonyl (C=O) groups excluding carboxylic acids is 2. The smallest absolute Gasteiger partial charge is 0.310 e. The Morgan fingerprint density at radius 3 is 2.58 bits per heavy atom. The molecule has 0 unspecified atom stereocenters. The molecule has 0 N–H and O–H groups in total. The van der Waals surface area contributed by atoms with Gasteiger partial charge in [-0.15, -0.1) is 0 Å². The maximum Gasteiger partial charge on any atom is 0.310 e. The molecule has 128 valence electrons. The maximum atomic E-state index is 12.7. The van der Waals surface area contributed by atoms with E-state index in [9.17, 15) is 19.7 Å². The summed E-state index contributed by atoms with van der Waals surface area (Å²) in [6.45, 7) is 0.733. The molecule has 1 saturated carbocycles. The number of amides is 1.